The van der Waals surface area contributed by atoms with Gasteiger partial charge >= 0.3 is 22.3 Å². The number of anilines is 2. The van der Waals surface area contributed by atoms with Crippen molar-refractivity contribution in [3.8, 4) is 33.8 Å². The highest BCUT2D eigenvalue weighted by Crippen LogP contribution is 2.37. The standard InChI is InChI=1S/C54H66N16O16S3/c1-51(2)41(61-43(71)39(37-27-87-49(57)59-37)63-83-53(5,47(75)76)29-81-35-15-11-31(12-16-35)33-23-65(7)67(25-33)21-9-19-55)45(73)69(51)85-89(79,80)86-70-46(74)42(52(70,3)4)62-44(72)40(38-28-88-50(58)60-38)64-84-54(6,48(77)78)30-82-36-17-13-32(14-18-36)34-24-66(8)68(26-34)22-10-20-56/h11-18,23-28,41-42H,9-10,19-22,29-30,55-56H2,1-8H3,(H6-2,57,58,59,60,61,62,71,72,75,76,77,78)/p+2/b63-39-,64-40-/t41-,42-,53+,54+/m1/s1. The van der Waals surface area contributed by atoms with Crippen LogP contribution in [0.1, 0.15) is 65.8 Å². The van der Waals surface area contributed by atoms with Crippen molar-refractivity contribution >= 4 is 90.3 Å². The van der Waals surface area contributed by atoms with Crippen LogP contribution in [0.15, 0.2) is 94.4 Å². The molecule has 2 aliphatic rings. The lowest BCUT2D eigenvalue weighted by Crippen LogP contribution is -2.78. The molecule has 4 atom stereocenters. The number of hydroxylamine groups is 4. The largest absolute Gasteiger partial charge is 0.489 e. The lowest BCUT2D eigenvalue weighted by atomic mass is 9.84. The molecule has 476 valence electrons. The van der Waals surface area contributed by atoms with E-state index in [0.29, 0.717) is 23.2 Å². The number of hydrogen-bond acceptors (Lipinski definition) is 24. The van der Waals surface area contributed by atoms with Crippen molar-refractivity contribution in [2.75, 3.05) is 37.8 Å². The fourth-order valence-electron chi connectivity index (χ4n) is 8.89. The van der Waals surface area contributed by atoms with Gasteiger partial charge in [0.25, 0.3) is 34.8 Å². The summed E-state index contributed by atoms with van der Waals surface area (Å²) < 4.78 is 56.6. The topological polar surface area (TPSA) is 435 Å². The van der Waals surface area contributed by atoms with Crippen molar-refractivity contribution < 1.29 is 84.5 Å². The van der Waals surface area contributed by atoms with Gasteiger partial charge in [-0.25, -0.2) is 19.6 Å². The number of nitrogens with zero attached hydrogens (tertiary/aromatic N) is 10. The van der Waals surface area contributed by atoms with Crippen LogP contribution >= 0.6 is 22.7 Å². The minimum absolute atomic E-state index is 0.0143. The molecule has 12 N–H and O–H groups in total. The summed E-state index contributed by atoms with van der Waals surface area (Å²) in [6.45, 7) is 8.88. The first-order valence-electron chi connectivity index (χ1n) is 27.2. The molecule has 35 heteroatoms. The lowest BCUT2D eigenvalue weighted by Gasteiger charge is -2.52. The third-order valence-electron chi connectivity index (χ3n) is 14.4. The van der Waals surface area contributed by atoms with Crippen LogP contribution in [0, 0.1) is 0 Å². The summed E-state index contributed by atoms with van der Waals surface area (Å²) in [4.78, 5) is 99.7. The van der Waals surface area contributed by atoms with Gasteiger partial charge in [0.15, 0.2) is 35.8 Å². The average Bonchev–Trinajstić information content (AvgIpc) is 1.42. The maximum absolute atomic E-state index is 14.0. The molecular formula is C54H68N16O16S3+2. The van der Waals surface area contributed by atoms with Crippen molar-refractivity contribution in [1.82, 2.24) is 40.1 Å². The Labute approximate surface area is 517 Å². The zero-order valence-corrected chi connectivity index (χ0v) is 52.0. The fourth-order valence-corrected chi connectivity index (χ4v) is 10.9. The molecule has 0 radical (unpaired) electrons. The predicted octanol–water partition coefficient (Wildman–Crippen LogP) is 0.353. The average molecular weight is 1290 g/mol. The molecule has 2 fully saturated rings. The Hall–Kier alpha value is -9.13. The SMILES string of the molecule is C[n+]1cc(-c2ccc(OC[C@](C)(O/N=C(\C(=O)N[C@@H]3C(=O)N(OS(=O)(=O)ON4C(=O)[C@@H](NC(=O)/C(=N\O[C@@](C)(COc5ccc(-c6cn(CCCN)[n+](C)c6)cc5)C(=O)O)c5csc(N)n5)C4(C)C)C3(C)C)c3csc(N)n3)C(=O)O)cc2)cn1CCCN. The van der Waals surface area contributed by atoms with E-state index in [4.69, 9.17) is 50.7 Å². The Balaban J connectivity index is 0.879. The molecule has 4 aromatic heterocycles. The van der Waals surface area contributed by atoms with Gasteiger partial charge in [0, 0.05) is 10.8 Å². The number of nitrogen functional groups attached to an aromatic ring is 2. The molecule has 32 nitrogen and oxygen atoms in total. The van der Waals surface area contributed by atoms with Crippen LogP contribution in [0.3, 0.4) is 0 Å². The molecule has 0 spiro atoms. The van der Waals surface area contributed by atoms with Crippen LogP contribution in [0.25, 0.3) is 22.3 Å². The summed E-state index contributed by atoms with van der Waals surface area (Å²) in [6.07, 6.45) is 9.43. The number of carbonyl (C=O) groups is 6. The molecule has 0 saturated carbocycles. The number of nitrogens with one attached hydrogen (secondary N) is 2. The quantitative estimate of drug-likeness (QED) is 0.0131. The van der Waals surface area contributed by atoms with Crippen molar-refractivity contribution in [3.05, 3.63) is 95.5 Å². The second kappa shape index (κ2) is 26.3. The van der Waals surface area contributed by atoms with Crippen LogP contribution < -0.4 is 52.4 Å². The number of carboxylic acids is 2. The summed E-state index contributed by atoms with van der Waals surface area (Å²) >= 11 is 1.81. The monoisotopic (exact) mass is 1290 g/mol. The number of ether oxygens (including phenoxy) is 2. The Morgan fingerprint density at radius 2 is 1.01 bits per heavy atom. The molecule has 2 aromatic carbocycles. The van der Waals surface area contributed by atoms with E-state index in [1.54, 1.807) is 48.5 Å². The minimum Gasteiger partial charge on any atom is -0.489 e. The van der Waals surface area contributed by atoms with Crippen LogP contribution in [0.4, 0.5) is 10.3 Å². The van der Waals surface area contributed by atoms with Gasteiger partial charge in [-0.3, -0.25) is 19.2 Å². The summed E-state index contributed by atoms with van der Waals surface area (Å²) in [5.41, 5.74) is 17.2. The number of β-lactam (4-membered cyclic amide) rings is 2. The molecular weight excluding hydrogens is 1220 g/mol. The van der Waals surface area contributed by atoms with Gasteiger partial charge in [0.2, 0.25) is 12.4 Å². The smallest absolute Gasteiger partial charge is 0.442 e. The Bertz CT molecular complexity index is 3590. The van der Waals surface area contributed by atoms with Crippen molar-refractivity contribution in [2.24, 2.45) is 35.9 Å². The first-order valence-corrected chi connectivity index (χ1v) is 30.3. The predicted molar refractivity (Wildman–Crippen MR) is 318 cm³/mol. The summed E-state index contributed by atoms with van der Waals surface area (Å²) in [6, 6.07) is 10.6. The molecule has 8 rings (SSSR count). The van der Waals surface area contributed by atoms with Crippen LogP contribution in [0.5, 0.6) is 11.5 Å². The second-order valence-corrected chi connectivity index (χ2v) is 24.9. The van der Waals surface area contributed by atoms with E-state index in [2.05, 4.69) is 30.9 Å². The number of amides is 4. The maximum atomic E-state index is 14.0. The fraction of sp³-hybridized carbons (Fsp3) is 0.407. The third-order valence-corrected chi connectivity index (χ3v) is 16.4. The molecule has 2 aliphatic heterocycles. The van der Waals surface area contributed by atoms with E-state index in [1.165, 1.54) is 38.5 Å². The number of oxime groups is 2. The van der Waals surface area contributed by atoms with E-state index < -0.39 is 105 Å². The van der Waals surface area contributed by atoms with Crippen molar-refractivity contribution in [3.63, 3.8) is 0 Å². The van der Waals surface area contributed by atoms with E-state index in [9.17, 15) is 47.4 Å². The first kappa shape index (κ1) is 65.8. The summed E-state index contributed by atoms with van der Waals surface area (Å²) in [5, 5.41) is 36.5. The number of thiazole rings is 2. The highest BCUT2D eigenvalue weighted by molar-refractivity contribution is 7.81. The maximum Gasteiger partial charge on any atom is 0.442 e. The highest BCUT2D eigenvalue weighted by Gasteiger charge is 2.61. The second-order valence-electron chi connectivity index (χ2n) is 22.0. The molecule has 0 aliphatic carbocycles. The molecule has 6 heterocycles. The van der Waals surface area contributed by atoms with Crippen LogP contribution in [-0.2, 0) is 84.6 Å². The van der Waals surface area contributed by atoms with Crippen molar-refractivity contribution in [1.29, 1.82) is 0 Å². The van der Waals surface area contributed by atoms with Gasteiger partial charge in [-0.1, -0.05) is 34.6 Å². The Morgan fingerprint density at radius 1 is 0.652 bits per heavy atom. The van der Waals surface area contributed by atoms with Gasteiger partial charge in [0.1, 0.15) is 48.2 Å². The minimum atomic E-state index is -5.37. The van der Waals surface area contributed by atoms with Crippen molar-refractivity contribution in [2.45, 2.75) is 102 Å². The van der Waals surface area contributed by atoms with E-state index in [1.807, 2.05) is 57.6 Å². The molecule has 89 heavy (non-hydrogen) atoms. The number of carbonyl (C=O) groups excluding carboxylic acids is 4. The van der Waals surface area contributed by atoms with E-state index >= 15 is 0 Å². The van der Waals surface area contributed by atoms with E-state index in [0.717, 1.165) is 84.7 Å². The third kappa shape index (κ3) is 14.6. The Morgan fingerprint density at radius 3 is 1.31 bits per heavy atom. The lowest BCUT2D eigenvalue weighted by molar-refractivity contribution is -0.753. The number of aromatic nitrogens is 6. The normalized spacial score (nSPS) is 17.8. The van der Waals surface area contributed by atoms with Crippen LogP contribution in [-0.4, -0.2) is 156 Å². The number of carboxylic acid groups (broad SMARTS) is 2. The first-order chi connectivity index (χ1) is 41.9. The number of rotatable bonds is 30. The number of aryl methyl sites for hydroxylation is 4. The Kier molecular flexibility index (Phi) is 19.4. The molecule has 6 aromatic rings. The molecule has 2 saturated heterocycles. The summed E-state index contributed by atoms with van der Waals surface area (Å²) in [5.74, 6) is -7.01. The summed E-state index contributed by atoms with van der Waals surface area (Å²) in [7, 11) is -1.56. The van der Waals surface area contributed by atoms with Crippen LogP contribution in [0.2, 0.25) is 0 Å². The van der Waals surface area contributed by atoms with Gasteiger partial charge in [-0.05, 0) is 103 Å². The van der Waals surface area contributed by atoms with Gasteiger partial charge in [0.05, 0.1) is 47.7 Å². The zero-order chi connectivity index (χ0) is 65.0. The highest BCUT2D eigenvalue weighted by atomic mass is 32.3. The van der Waals surface area contributed by atoms with Gasteiger partial charge < -0.3 is 62.9 Å². The number of aliphatic carboxylic acids is 2. The molecule has 0 unspecified atom stereocenters. The molecule has 4 amide bonds. The van der Waals surface area contributed by atoms with E-state index in [-0.39, 0.29) is 33.1 Å². The molecule has 0 bridgehead atoms. The number of benzene rings is 2. The zero-order valence-electron chi connectivity index (χ0n) is 49.5. The van der Waals surface area contributed by atoms with Gasteiger partial charge in [-0.2, -0.15) is 27.9 Å². The number of nitrogens with two attached hydrogens (primary N) is 4. The van der Waals surface area contributed by atoms with Gasteiger partial charge in [-0.15, -0.1) is 40.6 Å². The number of hydrogen-bond donors (Lipinski definition) is 8.